The minimum absolute atomic E-state index is 0.0138. The van der Waals surface area contributed by atoms with Crippen LogP contribution >= 0.6 is 8.53 Å². The predicted molar refractivity (Wildman–Crippen MR) is 101 cm³/mol. The first-order valence-corrected chi connectivity index (χ1v) is 9.63. The fraction of sp³-hybridized carbons (Fsp3) is 0.316. The molecule has 0 unspecified atom stereocenters. The number of rotatable bonds is 1. The highest BCUT2D eigenvalue weighted by atomic mass is 31.2. The molecule has 4 rings (SSSR count). The van der Waals surface area contributed by atoms with Gasteiger partial charge < -0.3 is 18.8 Å². The van der Waals surface area contributed by atoms with Gasteiger partial charge in [-0.15, -0.1) is 0 Å². The van der Waals surface area contributed by atoms with E-state index in [2.05, 4.69) is 0 Å². The van der Waals surface area contributed by atoms with Crippen molar-refractivity contribution in [1.29, 1.82) is 0 Å². The normalized spacial score (nSPS) is 22.6. The second-order valence-corrected chi connectivity index (χ2v) is 8.38. The molecule has 0 radical (unpaired) electrons. The summed E-state index contributed by atoms with van der Waals surface area (Å²) in [7, 11) is 6.26. The molecule has 2 aromatic carbocycles. The van der Waals surface area contributed by atoms with Crippen LogP contribution in [0.4, 0.5) is 4.79 Å². The first-order chi connectivity index (χ1) is 12.5. The quantitative estimate of drug-likeness (QED) is 0.710. The number of carbonyl (C=O) groups excluding carboxylic acids is 1. The van der Waals surface area contributed by atoms with E-state index in [1.807, 2.05) is 81.4 Å². The van der Waals surface area contributed by atoms with Crippen LogP contribution in [0, 0.1) is 0 Å². The monoisotopic (exact) mass is 371 g/mol. The lowest BCUT2D eigenvalue weighted by atomic mass is 9.92. The third kappa shape index (κ3) is 2.61. The van der Waals surface area contributed by atoms with E-state index in [1.54, 1.807) is 9.80 Å². The fourth-order valence-electron chi connectivity index (χ4n) is 3.63. The van der Waals surface area contributed by atoms with E-state index in [9.17, 15) is 4.79 Å². The van der Waals surface area contributed by atoms with E-state index in [0.717, 1.165) is 22.6 Å². The Hall–Kier alpha value is -2.30. The van der Waals surface area contributed by atoms with E-state index >= 15 is 0 Å². The SMILES string of the molecule is CN1C(=O)N(C)[C@@H]2c3ccccc3OP(N(C)C)Oc3ccccc3[C@H]21. The summed E-state index contributed by atoms with van der Waals surface area (Å²) in [5.41, 5.74) is 1.99. The third-order valence-electron chi connectivity index (χ3n) is 4.89. The lowest BCUT2D eigenvalue weighted by Gasteiger charge is -2.26. The van der Waals surface area contributed by atoms with Crippen LogP contribution < -0.4 is 9.05 Å². The van der Waals surface area contributed by atoms with Crippen LogP contribution in [0.15, 0.2) is 48.5 Å². The van der Waals surface area contributed by atoms with Gasteiger partial charge in [0.15, 0.2) is 0 Å². The molecule has 0 N–H and O–H groups in total. The van der Waals surface area contributed by atoms with Crippen LogP contribution in [-0.2, 0) is 0 Å². The van der Waals surface area contributed by atoms with Gasteiger partial charge >= 0.3 is 14.6 Å². The molecule has 2 atom stereocenters. The van der Waals surface area contributed by atoms with Gasteiger partial charge in [0.2, 0.25) is 0 Å². The second kappa shape index (κ2) is 6.45. The molecule has 136 valence electrons. The summed E-state index contributed by atoms with van der Waals surface area (Å²) in [5, 5.41) is 0. The van der Waals surface area contributed by atoms with Crippen LogP contribution in [0.1, 0.15) is 23.2 Å². The maximum absolute atomic E-state index is 12.7. The number of carbonyl (C=O) groups is 1. The van der Waals surface area contributed by atoms with Gasteiger partial charge in [0, 0.05) is 25.2 Å². The van der Waals surface area contributed by atoms with Crippen molar-refractivity contribution in [3.05, 3.63) is 59.7 Å². The number of benzene rings is 2. The van der Waals surface area contributed by atoms with Gasteiger partial charge in [0.25, 0.3) is 0 Å². The number of hydrogen-bond donors (Lipinski definition) is 0. The summed E-state index contributed by atoms with van der Waals surface area (Å²) in [4.78, 5) is 16.3. The van der Waals surface area contributed by atoms with E-state index in [1.165, 1.54) is 0 Å². The zero-order valence-corrected chi connectivity index (χ0v) is 16.2. The molecule has 0 saturated carbocycles. The molecule has 2 amide bonds. The predicted octanol–water partition coefficient (Wildman–Crippen LogP) is 4.03. The minimum atomic E-state index is -1.31. The Morgan fingerprint density at radius 3 is 1.69 bits per heavy atom. The summed E-state index contributed by atoms with van der Waals surface area (Å²) >= 11 is 0. The molecular weight excluding hydrogens is 349 g/mol. The molecule has 0 bridgehead atoms. The van der Waals surface area contributed by atoms with Crippen molar-refractivity contribution in [3.63, 3.8) is 0 Å². The molecular formula is C19H22N3O3P. The summed E-state index contributed by atoms with van der Waals surface area (Å²) < 4.78 is 14.5. The highest BCUT2D eigenvalue weighted by Gasteiger charge is 2.46. The average Bonchev–Trinajstić information content (AvgIpc) is 2.89. The fourth-order valence-corrected chi connectivity index (χ4v) is 4.67. The van der Waals surface area contributed by atoms with Crippen LogP contribution in [-0.4, -0.2) is 48.7 Å². The largest absolute Gasteiger partial charge is 0.427 e. The number of nitrogens with zero attached hydrogens (tertiary/aromatic N) is 3. The lowest BCUT2D eigenvalue weighted by molar-refractivity contribution is 0.199. The highest BCUT2D eigenvalue weighted by Crippen LogP contribution is 2.54. The summed E-state index contributed by atoms with van der Waals surface area (Å²) in [6.45, 7) is 0. The number of para-hydroxylation sites is 2. The van der Waals surface area contributed by atoms with Crippen molar-refractivity contribution in [1.82, 2.24) is 14.5 Å². The Labute approximate surface area is 154 Å². The molecule has 2 heterocycles. The lowest BCUT2D eigenvalue weighted by Crippen LogP contribution is -2.27. The van der Waals surface area contributed by atoms with Crippen LogP contribution in [0.25, 0.3) is 0 Å². The summed E-state index contributed by atoms with van der Waals surface area (Å²) in [5.74, 6) is 1.51. The summed E-state index contributed by atoms with van der Waals surface area (Å²) in [6.07, 6.45) is 0. The van der Waals surface area contributed by atoms with E-state index in [4.69, 9.17) is 9.05 Å². The molecule has 2 aromatic rings. The topological polar surface area (TPSA) is 45.2 Å². The molecule has 2 aliphatic heterocycles. The second-order valence-electron chi connectivity index (χ2n) is 6.74. The molecule has 0 aromatic heterocycles. The van der Waals surface area contributed by atoms with Crippen LogP contribution in [0.5, 0.6) is 11.5 Å². The van der Waals surface area contributed by atoms with Crippen molar-refractivity contribution >= 4 is 14.6 Å². The van der Waals surface area contributed by atoms with Crippen LogP contribution in [0.3, 0.4) is 0 Å². The van der Waals surface area contributed by atoms with E-state index in [0.29, 0.717) is 0 Å². The van der Waals surface area contributed by atoms with Crippen molar-refractivity contribution in [2.75, 3.05) is 28.2 Å². The van der Waals surface area contributed by atoms with Crippen LogP contribution in [0.2, 0.25) is 0 Å². The minimum Gasteiger partial charge on any atom is -0.427 e. The first kappa shape index (κ1) is 17.1. The number of amides is 2. The van der Waals surface area contributed by atoms with Gasteiger partial charge in [-0.1, -0.05) is 36.4 Å². The molecule has 26 heavy (non-hydrogen) atoms. The molecule has 2 aliphatic rings. The number of fused-ring (bicyclic) bond motifs is 5. The van der Waals surface area contributed by atoms with Gasteiger partial charge in [-0.25, -0.2) is 9.46 Å². The number of urea groups is 1. The zero-order valence-electron chi connectivity index (χ0n) is 15.3. The Bertz CT molecular complexity index is 781. The molecule has 1 fully saturated rings. The maximum atomic E-state index is 12.7. The van der Waals surface area contributed by atoms with Gasteiger partial charge in [0.05, 0.1) is 12.1 Å². The van der Waals surface area contributed by atoms with Crippen molar-refractivity contribution in [3.8, 4) is 11.5 Å². The van der Waals surface area contributed by atoms with Gasteiger partial charge in [-0.3, -0.25) is 0 Å². The molecule has 6 nitrogen and oxygen atoms in total. The highest BCUT2D eigenvalue weighted by molar-refractivity contribution is 7.45. The number of likely N-dealkylation sites (N-methyl/N-ethyl adjacent to an activating group) is 2. The van der Waals surface area contributed by atoms with Crippen molar-refractivity contribution in [2.24, 2.45) is 0 Å². The third-order valence-corrected chi connectivity index (χ3v) is 6.25. The van der Waals surface area contributed by atoms with E-state index in [-0.39, 0.29) is 18.1 Å². The molecule has 0 spiro atoms. The number of hydrogen-bond acceptors (Lipinski definition) is 4. The maximum Gasteiger partial charge on any atom is 0.384 e. The Balaban J connectivity index is 1.96. The van der Waals surface area contributed by atoms with Gasteiger partial charge in [-0.2, -0.15) is 0 Å². The smallest absolute Gasteiger partial charge is 0.384 e. The molecule has 0 aliphatic carbocycles. The average molecular weight is 371 g/mol. The standard InChI is InChI=1S/C19H22N3O3P/c1-20(2)26-24-15-11-7-5-9-13(15)17-18(22(4)19(23)21(17)3)14-10-6-8-12-16(14)25-26/h5-12,17-18H,1-4H3/t17-,18-/m1/s1. The molecule has 7 heteroatoms. The first-order valence-electron chi connectivity index (χ1n) is 8.50. The van der Waals surface area contributed by atoms with Crippen molar-refractivity contribution in [2.45, 2.75) is 12.1 Å². The van der Waals surface area contributed by atoms with Gasteiger partial charge in [-0.05, 0) is 26.2 Å². The zero-order chi connectivity index (χ0) is 18.4. The Morgan fingerprint density at radius 1 is 0.846 bits per heavy atom. The Morgan fingerprint density at radius 2 is 1.27 bits per heavy atom. The summed E-state index contributed by atoms with van der Waals surface area (Å²) in [6, 6.07) is 15.5. The van der Waals surface area contributed by atoms with E-state index < -0.39 is 8.53 Å². The van der Waals surface area contributed by atoms with Crippen molar-refractivity contribution < 1.29 is 13.8 Å². The Kier molecular flexibility index (Phi) is 4.25. The molecule has 1 saturated heterocycles. The van der Waals surface area contributed by atoms with Gasteiger partial charge in [0.1, 0.15) is 11.5 Å².